The van der Waals surface area contributed by atoms with E-state index < -0.39 is 5.25 Å². The monoisotopic (exact) mass is 417 g/mol. The Morgan fingerprint density at radius 2 is 2.11 bits per heavy atom. The molecular weight excluding hydrogens is 397 g/mol. The number of rotatable bonds is 5. The Balaban J connectivity index is 1.49. The van der Waals surface area contributed by atoms with Gasteiger partial charge < -0.3 is 5.32 Å². The van der Waals surface area contributed by atoms with Crippen molar-refractivity contribution in [3.05, 3.63) is 56.4 Å². The first-order valence-corrected chi connectivity index (χ1v) is 10.8. The maximum absolute atomic E-state index is 13.0. The van der Waals surface area contributed by atoms with Gasteiger partial charge in [-0.3, -0.25) is 14.2 Å². The summed E-state index contributed by atoms with van der Waals surface area (Å²) < 4.78 is 14.5. The summed E-state index contributed by atoms with van der Waals surface area (Å²) in [5.74, 6) is -0.460. The Labute approximate surface area is 170 Å². The summed E-state index contributed by atoms with van der Waals surface area (Å²) in [5, 5.41) is 3.72. The molecule has 0 fully saturated rings. The van der Waals surface area contributed by atoms with Crippen molar-refractivity contribution >= 4 is 39.2 Å². The van der Waals surface area contributed by atoms with Gasteiger partial charge in [0.2, 0.25) is 5.91 Å². The Morgan fingerprint density at radius 1 is 1.36 bits per heavy atom. The molecule has 5 nitrogen and oxygen atoms in total. The SMILES string of the molecule is CC(Sc1nc2sc3c(c2c(=O)n1C)CCC3)C(=O)NCc1ccc(F)cc1. The van der Waals surface area contributed by atoms with Gasteiger partial charge in [0, 0.05) is 18.5 Å². The largest absolute Gasteiger partial charge is 0.351 e. The Hall–Kier alpha value is -2.19. The van der Waals surface area contributed by atoms with Crippen LogP contribution >= 0.6 is 23.1 Å². The number of carbonyl (C=O) groups excluding carboxylic acids is 1. The van der Waals surface area contributed by atoms with Gasteiger partial charge in [0.25, 0.3) is 5.56 Å². The molecule has 1 unspecified atom stereocenters. The summed E-state index contributed by atoms with van der Waals surface area (Å²) in [6.45, 7) is 2.11. The molecule has 2 aromatic heterocycles. The van der Waals surface area contributed by atoms with Crippen LogP contribution in [-0.4, -0.2) is 20.7 Å². The van der Waals surface area contributed by atoms with Crippen LogP contribution in [0.4, 0.5) is 4.39 Å². The van der Waals surface area contributed by atoms with Crippen LogP contribution in [0.1, 0.15) is 29.3 Å². The number of hydrogen-bond acceptors (Lipinski definition) is 5. The number of hydrogen-bond donors (Lipinski definition) is 1. The number of halogens is 1. The summed E-state index contributed by atoms with van der Waals surface area (Å²) in [7, 11) is 1.71. The van der Waals surface area contributed by atoms with E-state index >= 15 is 0 Å². The third kappa shape index (κ3) is 3.58. The van der Waals surface area contributed by atoms with E-state index in [0.717, 1.165) is 40.6 Å². The minimum atomic E-state index is -0.414. The Morgan fingerprint density at radius 3 is 2.86 bits per heavy atom. The van der Waals surface area contributed by atoms with Crippen molar-refractivity contribution < 1.29 is 9.18 Å². The van der Waals surface area contributed by atoms with Gasteiger partial charge in [-0.05, 0) is 49.4 Å². The van der Waals surface area contributed by atoms with Crippen LogP contribution in [0.3, 0.4) is 0 Å². The van der Waals surface area contributed by atoms with Gasteiger partial charge in [0.05, 0.1) is 10.6 Å². The predicted octanol–water partition coefficient (Wildman–Crippen LogP) is 3.42. The number of amides is 1. The predicted molar refractivity (Wildman–Crippen MR) is 110 cm³/mol. The topological polar surface area (TPSA) is 64.0 Å². The molecule has 1 aliphatic carbocycles. The fraction of sp³-hybridized carbons (Fsp3) is 0.350. The van der Waals surface area contributed by atoms with Crippen LogP contribution in [0.5, 0.6) is 0 Å². The van der Waals surface area contributed by atoms with Crippen LogP contribution in [-0.2, 0) is 31.2 Å². The van der Waals surface area contributed by atoms with Crippen LogP contribution in [0.25, 0.3) is 10.2 Å². The van der Waals surface area contributed by atoms with E-state index in [1.807, 2.05) is 0 Å². The first-order chi connectivity index (χ1) is 13.4. The van der Waals surface area contributed by atoms with Crippen LogP contribution in [0.15, 0.2) is 34.2 Å². The highest BCUT2D eigenvalue weighted by molar-refractivity contribution is 8.00. The average molecular weight is 418 g/mol. The molecule has 3 aromatic rings. The molecule has 0 bridgehead atoms. The van der Waals surface area contributed by atoms with E-state index in [-0.39, 0.29) is 17.3 Å². The molecule has 146 valence electrons. The minimum absolute atomic E-state index is 0.0363. The summed E-state index contributed by atoms with van der Waals surface area (Å²) in [6, 6.07) is 6.02. The van der Waals surface area contributed by atoms with Crippen LogP contribution < -0.4 is 10.9 Å². The highest BCUT2D eigenvalue weighted by Gasteiger charge is 2.24. The zero-order valence-electron chi connectivity index (χ0n) is 15.6. The maximum Gasteiger partial charge on any atom is 0.262 e. The first-order valence-electron chi connectivity index (χ1n) is 9.14. The third-order valence-corrected chi connectivity index (χ3v) is 7.27. The number of aryl methyl sites for hydroxylation is 2. The molecule has 0 saturated carbocycles. The highest BCUT2D eigenvalue weighted by atomic mass is 32.2. The van der Waals surface area contributed by atoms with E-state index in [2.05, 4.69) is 10.3 Å². The van der Waals surface area contributed by atoms with Crippen molar-refractivity contribution in [1.29, 1.82) is 0 Å². The van der Waals surface area contributed by atoms with Gasteiger partial charge in [-0.1, -0.05) is 23.9 Å². The molecule has 1 aromatic carbocycles. The normalized spacial score (nSPS) is 14.2. The number of fused-ring (bicyclic) bond motifs is 3. The summed E-state index contributed by atoms with van der Waals surface area (Å²) in [6.07, 6.45) is 3.06. The van der Waals surface area contributed by atoms with Crippen molar-refractivity contribution in [1.82, 2.24) is 14.9 Å². The second kappa shape index (κ2) is 7.67. The van der Waals surface area contributed by atoms with Crippen LogP contribution in [0, 0.1) is 5.82 Å². The van der Waals surface area contributed by atoms with Crippen molar-refractivity contribution in [3.8, 4) is 0 Å². The van der Waals surface area contributed by atoms with Crippen molar-refractivity contribution in [2.45, 2.75) is 43.1 Å². The van der Waals surface area contributed by atoms with Gasteiger partial charge in [-0.15, -0.1) is 11.3 Å². The fourth-order valence-corrected chi connectivity index (χ4v) is 5.56. The average Bonchev–Trinajstić information content (AvgIpc) is 3.25. The number of thiophene rings is 1. The molecule has 1 N–H and O–H groups in total. The summed E-state index contributed by atoms with van der Waals surface area (Å²) in [5.41, 5.74) is 1.95. The summed E-state index contributed by atoms with van der Waals surface area (Å²) >= 11 is 2.87. The van der Waals surface area contributed by atoms with E-state index in [1.54, 1.807) is 42.0 Å². The lowest BCUT2D eigenvalue weighted by atomic mass is 10.2. The molecule has 0 saturated heterocycles. The minimum Gasteiger partial charge on any atom is -0.351 e. The number of aromatic nitrogens is 2. The maximum atomic E-state index is 13.0. The molecule has 0 aliphatic heterocycles. The van der Waals surface area contributed by atoms with Gasteiger partial charge in [0.1, 0.15) is 10.6 Å². The smallest absolute Gasteiger partial charge is 0.262 e. The van der Waals surface area contributed by atoms with Gasteiger partial charge in [-0.2, -0.15) is 0 Å². The number of nitrogens with one attached hydrogen (secondary N) is 1. The van der Waals surface area contributed by atoms with E-state index in [4.69, 9.17) is 0 Å². The van der Waals surface area contributed by atoms with E-state index in [0.29, 0.717) is 11.7 Å². The molecule has 1 amide bonds. The number of benzene rings is 1. The number of nitrogens with zero attached hydrogens (tertiary/aromatic N) is 2. The quantitative estimate of drug-likeness (QED) is 0.510. The number of carbonyl (C=O) groups is 1. The first kappa shape index (κ1) is 19.1. The lowest BCUT2D eigenvalue weighted by Crippen LogP contribution is -2.31. The molecule has 0 spiro atoms. The molecule has 1 atom stereocenters. The molecule has 8 heteroatoms. The lowest BCUT2D eigenvalue weighted by molar-refractivity contribution is -0.120. The lowest BCUT2D eigenvalue weighted by Gasteiger charge is -2.13. The molecule has 0 radical (unpaired) electrons. The van der Waals surface area contributed by atoms with Crippen molar-refractivity contribution in [2.75, 3.05) is 0 Å². The van der Waals surface area contributed by atoms with E-state index in [1.165, 1.54) is 28.8 Å². The zero-order valence-corrected chi connectivity index (χ0v) is 17.3. The Bertz CT molecular complexity index is 1110. The standard InChI is InChI=1S/C20H20FN3O2S2/c1-11(17(25)22-10-12-6-8-13(21)9-7-12)27-20-23-18-16(19(26)24(20)2)14-4-3-5-15(14)28-18/h6-9,11H,3-5,10H2,1-2H3,(H,22,25). The van der Waals surface area contributed by atoms with Gasteiger partial charge >= 0.3 is 0 Å². The molecular formula is C20H20FN3O2S2. The second-order valence-corrected chi connectivity index (χ2v) is 9.29. The highest BCUT2D eigenvalue weighted by Crippen LogP contribution is 2.35. The second-order valence-electron chi connectivity index (χ2n) is 6.90. The van der Waals surface area contributed by atoms with Crippen molar-refractivity contribution in [2.24, 2.45) is 7.05 Å². The molecule has 28 heavy (non-hydrogen) atoms. The van der Waals surface area contributed by atoms with Crippen molar-refractivity contribution in [3.63, 3.8) is 0 Å². The molecule has 2 heterocycles. The zero-order chi connectivity index (χ0) is 19.8. The van der Waals surface area contributed by atoms with Crippen LogP contribution in [0.2, 0.25) is 0 Å². The number of thioether (sulfide) groups is 1. The fourth-order valence-electron chi connectivity index (χ4n) is 3.36. The summed E-state index contributed by atoms with van der Waals surface area (Å²) in [4.78, 5) is 32.0. The van der Waals surface area contributed by atoms with E-state index in [9.17, 15) is 14.0 Å². The van der Waals surface area contributed by atoms with Gasteiger partial charge in [0.15, 0.2) is 5.16 Å². The van der Waals surface area contributed by atoms with Gasteiger partial charge in [-0.25, -0.2) is 9.37 Å². The molecule has 4 rings (SSSR count). The molecule has 1 aliphatic rings. The third-order valence-electron chi connectivity index (χ3n) is 4.94. The Kier molecular flexibility index (Phi) is 5.25.